The minimum atomic E-state index is -0.401. The Morgan fingerprint density at radius 1 is 1.24 bits per heavy atom. The van der Waals surface area contributed by atoms with E-state index in [1.165, 1.54) is 0 Å². The van der Waals surface area contributed by atoms with Gasteiger partial charge in [0.05, 0.1) is 5.54 Å². The fourth-order valence-corrected chi connectivity index (χ4v) is 2.81. The molecule has 0 aromatic heterocycles. The minimum absolute atomic E-state index is 0.121. The Balaban J connectivity index is 1.86. The average molecular weight is 287 g/mol. The van der Waals surface area contributed by atoms with Crippen molar-refractivity contribution in [1.82, 2.24) is 4.90 Å². The molecule has 0 N–H and O–H groups in total. The number of likely N-dealkylation sites (N-methyl/N-ethyl adjacent to an activating group) is 1. The van der Waals surface area contributed by atoms with E-state index in [0.29, 0.717) is 0 Å². The second-order valence-corrected chi connectivity index (χ2v) is 6.11. The van der Waals surface area contributed by atoms with Crippen molar-refractivity contribution in [3.05, 3.63) is 35.4 Å². The van der Waals surface area contributed by atoms with Crippen molar-refractivity contribution < 1.29 is 14.3 Å². The lowest BCUT2D eigenvalue weighted by Crippen LogP contribution is -2.43. The summed E-state index contributed by atoms with van der Waals surface area (Å²) in [6, 6.07) is 5.88. The van der Waals surface area contributed by atoms with Crippen molar-refractivity contribution in [1.29, 1.82) is 0 Å². The topological polar surface area (TPSA) is 38.8 Å². The van der Waals surface area contributed by atoms with E-state index >= 15 is 0 Å². The maximum atomic E-state index is 12.6. The maximum Gasteiger partial charge on any atom is 0.249 e. The third-order valence-electron chi connectivity index (χ3n) is 4.54. The number of ether oxygens (including phenoxy) is 2. The number of amides is 1. The molecule has 1 aromatic rings. The van der Waals surface area contributed by atoms with Crippen molar-refractivity contribution in [3.8, 4) is 11.5 Å². The number of fused-ring (bicyclic) bond motifs is 1. The summed E-state index contributed by atoms with van der Waals surface area (Å²) in [6.07, 6.45) is 5.05. The Morgan fingerprint density at radius 3 is 2.71 bits per heavy atom. The van der Waals surface area contributed by atoms with E-state index in [1.807, 2.05) is 30.1 Å². The summed E-state index contributed by atoms with van der Waals surface area (Å²) < 4.78 is 10.8. The molecule has 0 spiro atoms. The lowest BCUT2D eigenvalue weighted by Gasteiger charge is -2.36. The second kappa shape index (κ2) is 5.10. The van der Waals surface area contributed by atoms with Crippen molar-refractivity contribution in [3.63, 3.8) is 0 Å². The highest BCUT2D eigenvalue weighted by molar-refractivity contribution is 5.94. The van der Waals surface area contributed by atoms with Crippen LogP contribution in [0.25, 0.3) is 0 Å². The van der Waals surface area contributed by atoms with Gasteiger partial charge in [-0.25, -0.2) is 0 Å². The van der Waals surface area contributed by atoms with Gasteiger partial charge in [0.1, 0.15) is 0 Å². The summed E-state index contributed by atoms with van der Waals surface area (Å²) in [5.41, 5.74) is 1.58. The number of nitrogens with zero attached hydrogens (tertiary/aromatic N) is 1. The van der Waals surface area contributed by atoms with Crippen LogP contribution < -0.4 is 9.47 Å². The molecule has 0 saturated carbocycles. The average Bonchev–Trinajstić information content (AvgIpc) is 3.15. The van der Waals surface area contributed by atoms with Gasteiger partial charge in [0.25, 0.3) is 0 Å². The Bertz CT molecular complexity index is 604. The van der Waals surface area contributed by atoms with Crippen molar-refractivity contribution >= 4 is 5.91 Å². The van der Waals surface area contributed by atoms with Gasteiger partial charge in [-0.05, 0) is 50.8 Å². The second-order valence-electron chi connectivity index (χ2n) is 6.11. The Morgan fingerprint density at radius 2 is 2.00 bits per heavy atom. The summed E-state index contributed by atoms with van der Waals surface area (Å²) in [7, 11) is 1.87. The zero-order valence-corrected chi connectivity index (χ0v) is 12.8. The molecule has 0 bridgehead atoms. The summed E-state index contributed by atoms with van der Waals surface area (Å²) in [5, 5.41) is 0. The van der Waals surface area contributed by atoms with Crippen LogP contribution in [0.15, 0.2) is 29.8 Å². The van der Waals surface area contributed by atoms with Crippen LogP contribution in [0.4, 0.5) is 0 Å². The predicted molar refractivity (Wildman–Crippen MR) is 80.3 cm³/mol. The Labute approximate surface area is 125 Å². The van der Waals surface area contributed by atoms with Crippen LogP contribution in [-0.2, 0) is 10.3 Å². The fraction of sp³-hybridized carbons (Fsp3) is 0.471. The molecule has 0 unspecified atom stereocenters. The molecule has 2 aliphatic rings. The first kappa shape index (κ1) is 14.0. The molecule has 4 heteroatoms. The minimum Gasteiger partial charge on any atom is -0.454 e. The van der Waals surface area contributed by atoms with Gasteiger partial charge in [-0.2, -0.15) is 0 Å². The monoisotopic (exact) mass is 287 g/mol. The number of hydrogen-bond acceptors (Lipinski definition) is 3. The predicted octanol–water partition coefficient (Wildman–Crippen LogP) is 3.22. The first-order valence-corrected chi connectivity index (χ1v) is 7.37. The van der Waals surface area contributed by atoms with Crippen LogP contribution in [-0.4, -0.2) is 24.6 Å². The van der Waals surface area contributed by atoms with Gasteiger partial charge >= 0.3 is 0 Å². The molecule has 0 saturated heterocycles. The molecular weight excluding hydrogens is 266 g/mol. The van der Waals surface area contributed by atoms with Crippen molar-refractivity contribution in [2.45, 2.75) is 38.6 Å². The molecule has 1 aromatic carbocycles. The summed E-state index contributed by atoms with van der Waals surface area (Å²) in [4.78, 5) is 14.4. The van der Waals surface area contributed by atoms with Crippen molar-refractivity contribution in [2.75, 3.05) is 13.8 Å². The number of benzene rings is 1. The van der Waals surface area contributed by atoms with Gasteiger partial charge in [0, 0.05) is 12.6 Å². The highest BCUT2D eigenvalue weighted by Crippen LogP contribution is 2.38. The smallest absolute Gasteiger partial charge is 0.249 e. The van der Waals surface area contributed by atoms with E-state index < -0.39 is 5.54 Å². The SMILES string of the molecule is CN(C(=O)C1=CCCC1)C(C)(C)c1ccc2c(c1)OCO2. The molecular formula is C17H21NO3. The molecule has 0 fully saturated rings. The zero-order valence-electron chi connectivity index (χ0n) is 12.8. The summed E-state index contributed by atoms with van der Waals surface area (Å²) in [6.45, 7) is 4.37. The number of carbonyl (C=O) groups excluding carboxylic acids is 1. The summed E-state index contributed by atoms with van der Waals surface area (Å²) >= 11 is 0. The number of allylic oxidation sites excluding steroid dienone is 1. The molecule has 4 nitrogen and oxygen atoms in total. The van der Waals surface area contributed by atoms with Crippen LogP contribution in [0.5, 0.6) is 11.5 Å². The molecule has 1 aliphatic carbocycles. The molecule has 21 heavy (non-hydrogen) atoms. The van der Waals surface area contributed by atoms with Gasteiger partial charge < -0.3 is 14.4 Å². The van der Waals surface area contributed by atoms with Gasteiger partial charge in [-0.15, -0.1) is 0 Å². The van der Waals surface area contributed by atoms with Crippen LogP contribution in [0.1, 0.15) is 38.7 Å². The largest absolute Gasteiger partial charge is 0.454 e. The Kier molecular flexibility index (Phi) is 3.40. The molecule has 112 valence electrons. The van der Waals surface area contributed by atoms with Crippen LogP contribution >= 0.6 is 0 Å². The number of hydrogen-bond donors (Lipinski definition) is 0. The van der Waals surface area contributed by atoms with Gasteiger partial charge in [0.2, 0.25) is 12.7 Å². The lowest BCUT2D eigenvalue weighted by molar-refractivity contribution is -0.130. The number of rotatable bonds is 3. The third-order valence-corrected chi connectivity index (χ3v) is 4.54. The van der Waals surface area contributed by atoms with Crippen molar-refractivity contribution in [2.24, 2.45) is 0 Å². The summed E-state index contributed by atoms with van der Waals surface area (Å²) in [5.74, 6) is 1.64. The Hall–Kier alpha value is -1.97. The van der Waals surface area contributed by atoms with E-state index in [4.69, 9.17) is 9.47 Å². The quantitative estimate of drug-likeness (QED) is 0.857. The molecule has 1 amide bonds. The third kappa shape index (κ3) is 2.39. The normalized spacial score (nSPS) is 16.8. The zero-order chi connectivity index (χ0) is 15.0. The first-order valence-electron chi connectivity index (χ1n) is 7.37. The highest BCUT2D eigenvalue weighted by atomic mass is 16.7. The van der Waals surface area contributed by atoms with E-state index in [9.17, 15) is 4.79 Å². The van der Waals surface area contributed by atoms with E-state index in [0.717, 1.165) is 41.9 Å². The highest BCUT2D eigenvalue weighted by Gasteiger charge is 2.32. The molecule has 1 heterocycles. The standard InChI is InChI=1S/C17H21NO3/c1-17(2,18(3)16(19)12-6-4-5-7-12)13-8-9-14-15(10-13)21-11-20-14/h6,8-10H,4-5,7,11H2,1-3H3. The lowest BCUT2D eigenvalue weighted by atomic mass is 9.91. The molecule has 0 atom stereocenters. The van der Waals surface area contributed by atoms with E-state index in [2.05, 4.69) is 19.9 Å². The fourth-order valence-electron chi connectivity index (χ4n) is 2.81. The van der Waals surface area contributed by atoms with E-state index in [-0.39, 0.29) is 12.7 Å². The molecule has 1 aliphatic heterocycles. The van der Waals surface area contributed by atoms with Crippen LogP contribution in [0.3, 0.4) is 0 Å². The van der Waals surface area contributed by atoms with Gasteiger partial charge in [0.15, 0.2) is 11.5 Å². The first-order chi connectivity index (χ1) is 10.00. The van der Waals surface area contributed by atoms with Crippen LogP contribution in [0.2, 0.25) is 0 Å². The van der Waals surface area contributed by atoms with Gasteiger partial charge in [-0.1, -0.05) is 12.1 Å². The van der Waals surface area contributed by atoms with E-state index in [1.54, 1.807) is 0 Å². The molecule has 0 radical (unpaired) electrons. The van der Waals surface area contributed by atoms with Gasteiger partial charge in [-0.3, -0.25) is 4.79 Å². The van der Waals surface area contributed by atoms with Crippen LogP contribution in [0, 0.1) is 0 Å². The number of carbonyl (C=O) groups is 1. The maximum absolute atomic E-state index is 12.6. The molecule has 3 rings (SSSR count).